The highest BCUT2D eigenvalue weighted by Crippen LogP contribution is 2.48. The number of piperidine rings is 1. The number of methoxy groups -OCH3 is 3. The van der Waals surface area contributed by atoms with Crippen LogP contribution in [0.25, 0.3) is 0 Å². The second kappa shape index (κ2) is 6.48. The minimum Gasteiger partial charge on any atom is -0.495 e. The lowest BCUT2D eigenvalue weighted by Gasteiger charge is -2.27. The predicted octanol–water partition coefficient (Wildman–Crippen LogP) is 2.94. The van der Waals surface area contributed by atoms with Crippen molar-refractivity contribution >= 4 is 15.9 Å². The van der Waals surface area contributed by atoms with Crippen LogP contribution in [0.15, 0.2) is 10.5 Å². The normalized spacial score (nSPS) is 16.2. The van der Waals surface area contributed by atoms with Gasteiger partial charge in [0, 0.05) is 11.6 Å². The minimum absolute atomic E-state index is 0.428. The number of ether oxygens (including phenoxy) is 3. The maximum absolute atomic E-state index is 5.57. The van der Waals surface area contributed by atoms with Crippen molar-refractivity contribution in [3.05, 3.63) is 16.1 Å². The fourth-order valence-electron chi connectivity index (χ4n) is 2.66. The Morgan fingerprint density at radius 1 is 1.05 bits per heavy atom. The van der Waals surface area contributed by atoms with E-state index in [9.17, 15) is 0 Å². The van der Waals surface area contributed by atoms with Crippen LogP contribution in [0.1, 0.15) is 24.3 Å². The summed E-state index contributed by atoms with van der Waals surface area (Å²) in [5.74, 6) is 2.81. The van der Waals surface area contributed by atoms with Crippen molar-refractivity contribution < 1.29 is 14.2 Å². The average Bonchev–Trinajstić information content (AvgIpc) is 2.46. The molecule has 0 aliphatic carbocycles. The summed E-state index contributed by atoms with van der Waals surface area (Å²) in [6.07, 6.45) is 2.15. The van der Waals surface area contributed by atoms with Gasteiger partial charge in [-0.1, -0.05) is 0 Å². The van der Waals surface area contributed by atoms with Gasteiger partial charge in [0.25, 0.3) is 0 Å². The monoisotopic (exact) mass is 329 g/mol. The van der Waals surface area contributed by atoms with E-state index >= 15 is 0 Å². The number of hydrogen-bond acceptors (Lipinski definition) is 4. The Morgan fingerprint density at radius 2 is 1.68 bits per heavy atom. The first-order valence-electron chi connectivity index (χ1n) is 6.42. The first kappa shape index (κ1) is 14.5. The van der Waals surface area contributed by atoms with Crippen molar-refractivity contribution in [1.29, 1.82) is 0 Å². The van der Waals surface area contributed by atoms with Gasteiger partial charge in [-0.3, -0.25) is 0 Å². The van der Waals surface area contributed by atoms with E-state index in [4.69, 9.17) is 14.2 Å². The van der Waals surface area contributed by atoms with Crippen molar-refractivity contribution in [3.63, 3.8) is 0 Å². The first-order valence-corrected chi connectivity index (χ1v) is 7.21. The largest absolute Gasteiger partial charge is 0.495 e. The van der Waals surface area contributed by atoms with Crippen LogP contribution >= 0.6 is 15.9 Å². The average molecular weight is 330 g/mol. The number of halogens is 1. The van der Waals surface area contributed by atoms with Crippen molar-refractivity contribution in [2.45, 2.75) is 18.8 Å². The van der Waals surface area contributed by atoms with Gasteiger partial charge in [0.2, 0.25) is 0 Å². The molecule has 0 radical (unpaired) electrons. The molecule has 1 aliphatic rings. The van der Waals surface area contributed by atoms with Gasteiger partial charge < -0.3 is 19.5 Å². The molecule has 1 aromatic carbocycles. The number of hydrogen-bond donors (Lipinski definition) is 1. The molecule has 1 heterocycles. The van der Waals surface area contributed by atoms with Crippen LogP contribution in [0.3, 0.4) is 0 Å². The zero-order valence-corrected chi connectivity index (χ0v) is 13.2. The molecule has 0 bridgehead atoms. The third kappa shape index (κ3) is 2.82. The Bertz CT molecular complexity index is 445. The molecule has 5 heteroatoms. The first-order chi connectivity index (χ1) is 9.22. The summed E-state index contributed by atoms with van der Waals surface area (Å²) < 4.78 is 17.5. The summed E-state index contributed by atoms with van der Waals surface area (Å²) in [6, 6.07) is 1.89. The van der Waals surface area contributed by atoms with Gasteiger partial charge in [-0.25, -0.2) is 0 Å². The molecule has 1 aromatic rings. The van der Waals surface area contributed by atoms with Crippen LogP contribution in [0.2, 0.25) is 0 Å². The Labute approximate surface area is 122 Å². The molecule has 0 unspecified atom stereocenters. The second-order valence-electron chi connectivity index (χ2n) is 4.57. The van der Waals surface area contributed by atoms with E-state index in [-0.39, 0.29) is 0 Å². The molecular weight excluding hydrogens is 310 g/mol. The predicted molar refractivity (Wildman–Crippen MR) is 78.6 cm³/mol. The van der Waals surface area contributed by atoms with Crippen LogP contribution < -0.4 is 19.5 Å². The third-order valence-corrected chi connectivity index (χ3v) is 4.15. The van der Waals surface area contributed by atoms with E-state index in [2.05, 4.69) is 21.2 Å². The van der Waals surface area contributed by atoms with Gasteiger partial charge in [-0.05, 0) is 47.8 Å². The summed E-state index contributed by atoms with van der Waals surface area (Å²) in [6.45, 7) is 2.04. The third-order valence-electron chi connectivity index (χ3n) is 3.56. The lowest BCUT2D eigenvalue weighted by Crippen LogP contribution is -2.27. The highest BCUT2D eigenvalue weighted by Gasteiger charge is 2.27. The van der Waals surface area contributed by atoms with E-state index in [0.717, 1.165) is 53.2 Å². The fraction of sp³-hybridized carbons (Fsp3) is 0.571. The topological polar surface area (TPSA) is 39.7 Å². The Kier molecular flexibility index (Phi) is 4.93. The number of nitrogens with one attached hydrogen (secondary N) is 1. The summed E-state index contributed by atoms with van der Waals surface area (Å²) in [4.78, 5) is 0. The van der Waals surface area contributed by atoms with Gasteiger partial charge in [0.05, 0.1) is 25.8 Å². The van der Waals surface area contributed by atoms with Gasteiger partial charge in [-0.2, -0.15) is 0 Å². The van der Waals surface area contributed by atoms with Crippen molar-refractivity contribution in [2.75, 3.05) is 34.4 Å². The summed E-state index contributed by atoms with van der Waals surface area (Å²) in [5, 5.41) is 3.38. The molecule has 0 atom stereocenters. The van der Waals surface area contributed by atoms with Gasteiger partial charge in [0.1, 0.15) is 5.75 Å². The summed E-state index contributed by atoms with van der Waals surface area (Å²) in [5.41, 5.74) is 1.11. The highest BCUT2D eigenvalue weighted by atomic mass is 79.9. The molecule has 4 nitrogen and oxygen atoms in total. The molecule has 106 valence electrons. The number of benzene rings is 1. The lowest BCUT2D eigenvalue weighted by atomic mass is 9.88. The molecule has 1 aliphatic heterocycles. The standard InChI is InChI=1S/C14H20BrNO3/c1-17-11-8-10(15)13(18-2)12(14(11)19-3)9-4-6-16-7-5-9/h8-9,16H,4-7H2,1-3H3. The smallest absolute Gasteiger partial charge is 0.167 e. The van der Waals surface area contributed by atoms with E-state index in [0.29, 0.717) is 5.92 Å². The Morgan fingerprint density at radius 3 is 2.21 bits per heavy atom. The maximum Gasteiger partial charge on any atom is 0.167 e. The van der Waals surface area contributed by atoms with Crippen LogP contribution in [0, 0.1) is 0 Å². The van der Waals surface area contributed by atoms with E-state index in [1.54, 1.807) is 21.3 Å². The Hall–Kier alpha value is -0.940. The quantitative estimate of drug-likeness (QED) is 0.921. The zero-order valence-electron chi connectivity index (χ0n) is 11.6. The van der Waals surface area contributed by atoms with Crippen LogP contribution in [0.4, 0.5) is 0 Å². The molecule has 1 fully saturated rings. The molecular formula is C14H20BrNO3. The van der Waals surface area contributed by atoms with Crippen molar-refractivity contribution in [3.8, 4) is 17.2 Å². The van der Waals surface area contributed by atoms with E-state index < -0.39 is 0 Å². The van der Waals surface area contributed by atoms with Crippen molar-refractivity contribution in [2.24, 2.45) is 0 Å². The minimum atomic E-state index is 0.428. The van der Waals surface area contributed by atoms with Gasteiger partial charge >= 0.3 is 0 Å². The lowest BCUT2D eigenvalue weighted by molar-refractivity contribution is 0.331. The van der Waals surface area contributed by atoms with Crippen LogP contribution in [0.5, 0.6) is 17.2 Å². The second-order valence-corrected chi connectivity index (χ2v) is 5.42. The Balaban J connectivity index is 2.55. The molecule has 2 rings (SSSR count). The van der Waals surface area contributed by atoms with E-state index in [1.807, 2.05) is 6.07 Å². The molecule has 0 saturated carbocycles. The van der Waals surface area contributed by atoms with Gasteiger partial charge in [0.15, 0.2) is 11.5 Å². The highest BCUT2D eigenvalue weighted by molar-refractivity contribution is 9.10. The molecule has 1 N–H and O–H groups in total. The summed E-state index contributed by atoms with van der Waals surface area (Å²) >= 11 is 3.55. The number of rotatable bonds is 4. The summed E-state index contributed by atoms with van der Waals surface area (Å²) in [7, 11) is 5.02. The fourth-order valence-corrected chi connectivity index (χ4v) is 3.25. The zero-order chi connectivity index (χ0) is 13.8. The SMILES string of the molecule is COc1cc(Br)c(OC)c(C2CCNCC2)c1OC. The van der Waals surface area contributed by atoms with Crippen molar-refractivity contribution in [1.82, 2.24) is 5.32 Å². The molecule has 0 aromatic heterocycles. The van der Waals surface area contributed by atoms with Gasteiger partial charge in [-0.15, -0.1) is 0 Å². The molecule has 0 spiro atoms. The molecule has 19 heavy (non-hydrogen) atoms. The molecule has 0 amide bonds. The van der Waals surface area contributed by atoms with Crippen LogP contribution in [-0.2, 0) is 0 Å². The molecule has 1 saturated heterocycles. The van der Waals surface area contributed by atoms with Crippen LogP contribution in [-0.4, -0.2) is 34.4 Å². The van der Waals surface area contributed by atoms with E-state index in [1.165, 1.54) is 0 Å². The maximum atomic E-state index is 5.57.